The van der Waals surface area contributed by atoms with Crippen LogP contribution >= 0.6 is 0 Å². The van der Waals surface area contributed by atoms with Crippen molar-refractivity contribution in [2.75, 3.05) is 12.4 Å². The number of hydrogen-bond acceptors (Lipinski definition) is 6. The lowest BCUT2D eigenvalue weighted by atomic mass is 10.1. The second kappa shape index (κ2) is 9.49. The van der Waals surface area contributed by atoms with Crippen molar-refractivity contribution in [3.05, 3.63) is 100 Å². The average Bonchev–Trinajstić information content (AvgIpc) is 2.84. The van der Waals surface area contributed by atoms with Crippen LogP contribution in [0.5, 0.6) is 17.4 Å². The molecule has 2 aromatic heterocycles. The zero-order valence-corrected chi connectivity index (χ0v) is 17.6. The lowest BCUT2D eigenvalue weighted by molar-refractivity contribution is -0.112. The standard InChI is InChI=1S/C25H18N4O4/c1-32-20-11-7-8-18(15-20)27-23(30)17(16-26)14-21-24(33-19-9-3-2-4-10-19)28-22-12-5-6-13-29(22)25(21)31/h2-15H,1H3,(H,27,30)/b17-14+. The van der Waals surface area contributed by atoms with Gasteiger partial charge in [0.2, 0.25) is 5.88 Å². The van der Waals surface area contributed by atoms with Gasteiger partial charge in [0.1, 0.15) is 34.4 Å². The van der Waals surface area contributed by atoms with Gasteiger partial charge in [-0.15, -0.1) is 0 Å². The number of hydrogen-bond donors (Lipinski definition) is 1. The Balaban J connectivity index is 1.78. The maximum atomic E-state index is 13.2. The van der Waals surface area contributed by atoms with Gasteiger partial charge in [-0.25, -0.2) is 0 Å². The first-order valence-electron chi connectivity index (χ1n) is 9.90. The summed E-state index contributed by atoms with van der Waals surface area (Å²) in [7, 11) is 1.51. The van der Waals surface area contributed by atoms with Gasteiger partial charge in [0, 0.05) is 18.0 Å². The third-order valence-electron chi connectivity index (χ3n) is 4.67. The zero-order valence-electron chi connectivity index (χ0n) is 17.6. The first kappa shape index (κ1) is 21.3. The first-order valence-corrected chi connectivity index (χ1v) is 9.90. The highest BCUT2D eigenvalue weighted by molar-refractivity contribution is 6.09. The molecule has 0 bridgehead atoms. The molecule has 4 rings (SSSR count). The number of carbonyl (C=O) groups excluding carboxylic acids is 1. The Morgan fingerprint density at radius 1 is 1.06 bits per heavy atom. The van der Waals surface area contributed by atoms with Crippen molar-refractivity contribution >= 4 is 23.3 Å². The van der Waals surface area contributed by atoms with E-state index < -0.39 is 11.5 Å². The van der Waals surface area contributed by atoms with Crippen molar-refractivity contribution in [2.45, 2.75) is 0 Å². The van der Waals surface area contributed by atoms with E-state index in [1.54, 1.807) is 72.9 Å². The highest BCUT2D eigenvalue weighted by atomic mass is 16.5. The second-order valence-corrected chi connectivity index (χ2v) is 6.84. The zero-order chi connectivity index (χ0) is 23.2. The van der Waals surface area contributed by atoms with Crippen LogP contribution in [-0.2, 0) is 4.79 Å². The van der Waals surface area contributed by atoms with Crippen molar-refractivity contribution in [3.63, 3.8) is 0 Å². The molecule has 0 fully saturated rings. The van der Waals surface area contributed by atoms with Crippen molar-refractivity contribution < 1.29 is 14.3 Å². The molecule has 0 atom stereocenters. The molecule has 162 valence electrons. The molecule has 0 unspecified atom stereocenters. The number of nitriles is 1. The molecule has 0 spiro atoms. The van der Waals surface area contributed by atoms with E-state index in [-0.39, 0.29) is 17.0 Å². The molecular formula is C25H18N4O4. The number of rotatable bonds is 6. The SMILES string of the molecule is COc1cccc(NC(=O)/C(C#N)=C/c2c(Oc3ccccc3)nc3ccccn3c2=O)c1. The van der Waals surface area contributed by atoms with Crippen LogP contribution in [0.2, 0.25) is 0 Å². The number of methoxy groups -OCH3 is 1. The Kier molecular flexibility index (Phi) is 6.14. The summed E-state index contributed by atoms with van der Waals surface area (Å²) in [5.41, 5.74) is 0.0124. The number of fused-ring (bicyclic) bond motifs is 1. The summed E-state index contributed by atoms with van der Waals surface area (Å²) in [6.07, 6.45) is 2.74. The van der Waals surface area contributed by atoms with Crippen LogP contribution in [0.3, 0.4) is 0 Å². The van der Waals surface area contributed by atoms with Crippen molar-refractivity contribution in [2.24, 2.45) is 0 Å². The number of nitrogens with zero attached hydrogens (tertiary/aromatic N) is 3. The van der Waals surface area contributed by atoms with Crippen LogP contribution in [-0.4, -0.2) is 22.4 Å². The van der Waals surface area contributed by atoms with Crippen molar-refractivity contribution in [1.82, 2.24) is 9.38 Å². The largest absolute Gasteiger partial charge is 0.497 e. The number of nitrogens with one attached hydrogen (secondary N) is 1. The molecule has 2 heterocycles. The molecule has 0 aliphatic carbocycles. The summed E-state index contributed by atoms with van der Waals surface area (Å²) < 4.78 is 12.3. The molecule has 0 aliphatic rings. The van der Waals surface area contributed by atoms with E-state index in [1.165, 1.54) is 17.6 Å². The lowest BCUT2D eigenvalue weighted by Gasteiger charge is -2.10. The Morgan fingerprint density at radius 3 is 2.58 bits per heavy atom. The topological polar surface area (TPSA) is 106 Å². The van der Waals surface area contributed by atoms with E-state index in [4.69, 9.17) is 9.47 Å². The number of benzene rings is 2. The molecule has 0 aliphatic heterocycles. The number of aromatic nitrogens is 2. The maximum Gasteiger partial charge on any atom is 0.269 e. The molecule has 8 nitrogen and oxygen atoms in total. The molecule has 0 saturated carbocycles. The van der Waals surface area contributed by atoms with E-state index in [2.05, 4.69) is 10.3 Å². The summed E-state index contributed by atoms with van der Waals surface area (Å²) >= 11 is 0. The number of anilines is 1. The number of carbonyl (C=O) groups is 1. The maximum absolute atomic E-state index is 13.2. The van der Waals surface area contributed by atoms with E-state index in [0.717, 1.165) is 0 Å². The molecule has 33 heavy (non-hydrogen) atoms. The predicted molar refractivity (Wildman–Crippen MR) is 123 cm³/mol. The summed E-state index contributed by atoms with van der Waals surface area (Å²) in [6, 6.07) is 22.4. The molecule has 2 aromatic carbocycles. The van der Waals surface area contributed by atoms with Crippen molar-refractivity contribution in [3.8, 4) is 23.4 Å². The summed E-state index contributed by atoms with van der Waals surface area (Å²) in [4.78, 5) is 30.4. The minimum absolute atomic E-state index is 0.0145. The van der Waals surface area contributed by atoms with Gasteiger partial charge in [-0.05, 0) is 42.5 Å². The van der Waals surface area contributed by atoms with Gasteiger partial charge >= 0.3 is 0 Å². The highest BCUT2D eigenvalue weighted by Crippen LogP contribution is 2.24. The summed E-state index contributed by atoms with van der Waals surface area (Å²) in [5, 5.41) is 12.3. The smallest absolute Gasteiger partial charge is 0.269 e. The molecule has 1 amide bonds. The number of ether oxygens (including phenoxy) is 2. The van der Waals surface area contributed by atoms with Crippen LogP contribution in [0.15, 0.2) is 89.4 Å². The summed E-state index contributed by atoms with van der Waals surface area (Å²) in [6.45, 7) is 0. The van der Waals surface area contributed by atoms with Crippen LogP contribution in [0.25, 0.3) is 11.7 Å². The quantitative estimate of drug-likeness (QED) is 0.360. The summed E-state index contributed by atoms with van der Waals surface area (Å²) in [5.74, 6) is 0.304. The first-order chi connectivity index (χ1) is 16.1. The van der Waals surface area contributed by atoms with E-state index in [0.29, 0.717) is 22.8 Å². The van der Waals surface area contributed by atoms with Crippen molar-refractivity contribution in [1.29, 1.82) is 5.26 Å². The lowest BCUT2D eigenvalue weighted by Crippen LogP contribution is -2.20. The Morgan fingerprint density at radius 2 is 1.82 bits per heavy atom. The van der Waals surface area contributed by atoms with Gasteiger partial charge in [-0.3, -0.25) is 14.0 Å². The van der Waals surface area contributed by atoms with Crippen LogP contribution in [0.4, 0.5) is 5.69 Å². The molecule has 0 saturated heterocycles. The second-order valence-electron chi connectivity index (χ2n) is 6.84. The van der Waals surface area contributed by atoms with Crippen LogP contribution in [0.1, 0.15) is 5.56 Å². The fourth-order valence-corrected chi connectivity index (χ4v) is 3.08. The van der Waals surface area contributed by atoms with Gasteiger partial charge in [-0.2, -0.15) is 10.2 Å². The molecule has 0 radical (unpaired) electrons. The van der Waals surface area contributed by atoms with Crippen LogP contribution in [0, 0.1) is 11.3 Å². The van der Waals surface area contributed by atoms with Gasteiger partial charge in [0.05, 0.1) is 7.11 Å². The third-order valence-corrected chi connectivity index (χ3v) is 4.67. The van der Waals surface area contributed by atoms with E-state index in [9.17, 15) is 14.9 Å². The minimum atomic E-state index is -0.686. The number of para-hydroxylation sites is 1. The molecule has 8 heteroatoms. The van der Waals surface area contributed by atoms with Crippen LogP contribution < -0.4 is 20.3 Å². The molecular weight excluding hydrogens is 420 g/mol. The molecule has 4 aromatic rings. The fraction of sp³-hybridized carbons (Fsp3) is 0.0400. The Labute approximate surface area is 189 Å². The fourth-order valence-electron chi connectivity index (χ4n) is 3.08. The normalized spacial score (nSPS) is 11.0. The van der Waals surface area contributed by atoms with Gasteiger partial charge in [-0.1, -0.05) is 30.3 Å². The third kappa shape index (κ3) is 4.73. The van der Waals surface area contributed by atoms with E-state index >= 15 is 0 Å². The van der Waals surface area contributed by atoms with Gasteiger partial charge in [0.15, 0.2) is 0 Å². The molecule has 1 N–H and O–H groups in total. The van der Waals surface area contributed by atoms with Gasteiger partial charge < -0.3 is 14.8 Å². The Bertz CT molecular complexity index is 1450. The predicted octanol–water partition coefficient (Wildman–Crippen LogP) is 4.04. The minimum Gasteiger partial charge on any atom is -0.497 e. The van der Waals surface area contributed by atoms with E-state index in [1.807, 2.05) is 12.1 Å². The monoisotopic (exact) mass is 438 g/mol. The number of pyridine rings is 1. The highest BCUT2D eigenvalue weighted by Gasteiger charge is 2.17. The number of amides is 1. The Hall–Kier alpha value is -4.90. The average molecular weight is 438 g/mol. The van der Waals surface area contributed by atoms with Gasteiger partial charge in [0.25, 0.3) is 11.5 Å².